The van der Waals surface area contributed by atoms with Crippen LogP contribution in [-0.4, -0.2) is 34.0 Å². The molecule has 20 heavy (non-hydrogen) atoms. The lowest BCUT2D eigenvalue weighted by atomic mass is 9.98. The van der Waals surface area contributed by atoms with Crippen LogP contribution in [0.2, 0.25) is 0 Å². The van der Waals surface area contributed by atoms with Gasteiger partial charge in [-0.1, -0.05) is 12.1 Å². The molecule has 1 aromatic carbocycles. The van der Waals surface area contributed by atoms with Crippen LogP contribution >= 0.6 is 0 Å². The summed E-state index contributed by atoms with van der Waals surface area (Å²) >= 11 is 0. The molecule has 1 fully saturated rings. The minimum Gasteiger partial charge on any atom is -0.480 e. The second-order valence-corrected chi connectivity index (χ2v) is 5.12. The summed E-state index contributed by atoms with van der Waals surface area (Å²) in [5.41, 5.74) is -1.32. The first-order valence-corrected chi connectivity index (χ1v) is 6.33. The van der Waals surface area contributed by atoms with Gasteiger partial charge in [0.25, 0.3) is 0 Å². The number of hydrogen-bond acceptors (Lipinski definition) is 2. The highest BCUT2D eigenvalue weighted by Gasteiger charge is 2.45. The van der Waals surface area contributed by atoms with E-state index in [0.29, 0.717) is 19.4 Å². The zero-order chi connectivity index (χ0) is 14.9. The van der Waals surface area contributed by atoms with Crippen molar-refractivity contribution in [3.63, 3.8) is 0 Å². The fourth-order valence-electron chi connectivity index (χ4n) is 2.53. The van der Waals surface area contributed by atoms with Crippen molar-refractivity contribution in [1.29, 1.82) is 0 Å². The first kappa shape index (κ1) is 14.4. The number of nitrogens with zero attached hydrogens (tertiary/aromatic N) is 1. The van der Waals surface area contributed by atoms with Gasteiger partial charge in [-0.25, -0.2) is 13.6 Å². The lowest BCUT2D eigenvalue weighted by molar-refractivity contribution is -0.155. The van der Waals surface area contributed by atoms with Crippen LogP contribution in [0.25, 0.3) is 0 Å². The van der Waals surface area contributed by atoms with Crippen molar-refractivity contribution in [3.8, 4) is 0 Å². The van der Waals surface area contributed by atoms with E-state index in [-0.39, 0.29) is 12.0 Å². The van der Waals surface area contributed by atoms with Crippen molar-refractivity contribution in [2.45, 2.75) is 31.7 Å². The number of aliphatic carboxylic acids is 1. The molecule has 0 radical (unpaired) electrons. The molecular weight excluding hydrogens is 268 g/mol. The molecule has 0 aliphatic carbocycles. The van der Waals surface area contributed by atoms with Crippen molar-refractivity contribution in [1.82, 2.24) is 4.90 Å². The van der Waals surface area contributed by atoms with E-state index in [9.17, 15) is 23.5 Å². The van der Waals surface area contributed by atoms with Gasteiger partial charge in [-0.3, -0.25) is 4.79 Å². The molecule has 0 bridgehead atoms. The van der Waals surface area contributed by atoms with Crippen LogP contribution in [0.15, 0.2) is 18.2 Å². The largest absolute Gasteiger partial charge is 0.480 e. The Morgan fingerprint density at radius 3 is 2.75 bits per heavy atom. The number of carboxylic acids is 1. The van der Waals surface area contributed by atoms with Crippen molar-refractivity contribution < 1.29 is 23.5 Å². The minimum absolute atomic E-state index is 0.0605. The van der Waals surface area contributed by atoms with E-state index in [1.807, 2.05) is 0 Å². The van der Waals surface area contributed by atoms with Crippen LogP contribution in [0.5, 0.6) is 0 Å². The van der Waals surface area contributed by atoms with Crippen molar-refractivity contribution in [2.24, 2.45) is 0 Å². The zero-order valence-electron chi connectivity index (χ0n) is 11.0. The van der Waals surface area contributed by atoms with Crippen molar-refractivity contribution in [3.05, 3.63) is 35.4 Å². The van der Waals surface area contributed by atoms with E-state index in [2.05, 4.69) is 0 Å². The maximum absolute atomic E-state index is 13.5. The average Bonchev–Trinajstić information content (AvgIpc) is 2.78. The second-order valence-electron chi connectivity index (χ2n) is 5.12. The van der Waals surface area contributed by atoms with Crippen LogP contribution < -0.4 is 0 Å². The molecule has 108 valence electrons. The summed E-state index contributed by atoms with van der Waals surface area (Å²) < 4.78 is 26.6. The lowest BCUT2D eigenvalue weighted by Gasteiger charge is -2.31. The highest BCUT2D eigenvalue weighted by atomic mass is 19.2. The molecular formula is C14H15F2NO3. The molecule has 1 amide bonds. The molecule has 1 aliphatic rings. The van der Waals surface area contributed by atoms with Gasteiger partial charge in [-0.2, -0.15) is 0 Å². The highest BCUT2D eigenvalue weighted by Crippen LogP contribution is 2.30. The van der Waals surface area contributed by atoms with Gasteiger partial charge < -0.3 is 10.0 Å². The number of carbonyl (C=O) groups is 2. The summed E-state index contributed by atoms with van der Waals surface area (Å²) in [5, 5.41) is 9.23. The summed E-state index contributed by atoms with van der Waals surface area (Å²) in [6, 6.07) is 3.62. The standard InChI is InChI=1S/C14H15F2NO3/c1-14(13(19)20)6-3-7-17(14)11(18)8-9-4-2-5-10(15)12(9)16/h2,4-5H,3,6-8H2,1H3,(H,19,20). The Bertz CT molecular complexity index is 561. The number of carboxylic acid groups (broad SMARTS) is 1. The van der Waals surface area contributed by atoms with Gasteiger partial charge in [0, 0.05) is 12.1 Å². The normalized spacial score (nSPS) is 22.1. The van der Waals surface area contributed by atoms with Crippen molar-refractivity contribution in [2.75, 3.05) is 6.54 Å². The Balaban J connectivity index is 2.20. The number of benzene rings is 1. The topological polar surface area (TPSA) is 57.6 Å². The monoisotopic (exact) mass is 283 g/mol. The predicted molar refractivity (Wildman–Crippen MR) is 67.0 cm³/mol. The molecule has 1 heterocycles. The highest BCUT2D eigenvalue weighted by molar-refractivity contribution is 5.88. The number of carbonyl (C=O) groups excluding carboxylic acids is 1. The van der Waals surface area contributed by atoms with E-state index < -0.39 is 29.0 Å². The van der Waals surface area contributed by atoms with Crippen LogP contribution in [0, 0.1) is 11.6 Å². The fourth-order valence-corrected chi connectivity index (χ4v) is 2.53. The maximum atomic E-state index is 13.5. The third kappa shape index (κ3) is 2.37. The van der Waals surface area contributed by atoms with Gasteiger partial charge in [0.05, 0.1) is 6.42 Å². The summed E-state index contributed by atoms with van der Waals surface area (Å²) in [6.45, 7) is 1.79. The number of amides is 1. The summed E-state index contributed by atoms with van der Waals surface area (Å²) in [6.07, 6.45) is 0.604. The van der Waals surface area contributed by atoms with Gasteiger partial charge in [0.15, 0.2) is 11.6 Å². The molecule has 1 unspecified atom stereocenters. The number of halogens is 2. The zero-order valence-corrected chi connectivity index (χ0v) is 11.0. The quantitative estimate of drug-likeness (QED) is 0.922. The van der Waals surface area contributed by atoms with E-state index in [4.69, 9.17) is 0 Å². The Morgan fingerprint density at radius 1 is 1.40 bits per heavy atom. The van der Waals surface area contributed by atoms with Gasteiger partial charge >= 0.3 is 5.97 Å². The van der Waals surface area contributed by atoms with Gasteiger partial charge in [-0.15, -0.1) is 0 Å². The number of rotatable bonds is 3. The lowest BCUT2D eigenvalue weighted by Crippen LogP contribution is -2.51. The molecule has 1 aromatic rings. The minimum atomic E-state index is -1.26. The molecule has 1 saturated heterocycles. The molecule has 1 N–H and O–H groups in total. The molecule has 0 saturated carbocycles. The van der Waals surface area contributed by atoms with Crippen LogP contribution in [0.4, 0.5) is 8.78 Å². The summed E-state index contributed by atoms with van der Waals surface area (Å²) in [5.74, 6) is -3.66. The van der Waals surface area contributed by atoms with E-state index in [0.717, 1.165) is 6.07 Å². The first-order valence-electron chi connectivity index (χ1n) is 6.33. The average molecular weight is 283 g/mol. The smallest absolute Gasteiger partial charge is 0.329 e. The molecule has 0 spiro atoms. The van der Waals surface area contributed by atoms with Crippen LogP contribution in [0.3, 0.4) is 0 Å². The summed E-state index contributed by atoms with van der Waals surface area (Å²) in [4.78, 5) is 24.7. The van der Waals surface area contributed by atoms with Crippen molar-refractivity contribution >= 4 is 11.9 Å². The number of likely N-dealkylation sites (tertiary alicyclic amines) is 1. The van der Waals surface area contributed by atoms with Crippen LogP contribution in [0.1, 0.15) is 25.3 Å². The second kappa shape index (κ2) is 5.19. The van der Waals surface area contributed by atoms with E-state index in [1.54, 1.807) is 0 Å². The Kier molecular flexibility index (Phi) is 3.74. The molecule has 6 heteroatoms. The third-order valence-corrected chi connectivity index (χ3v) is 3.78. The Labute approximate surface area is 115 Å². The molecule has 1 aliphatic heterocycles. The summed E-state index contributed by atoms with van der Waals surface area (Å²) in [7, 11) is 0. The maximum Gasteiger partial charge on any atom is 0.329 e. The predicted octanol–water partition coefficient (Wildman–Crippen LogP) is 1.97. The van der Waals surface area contributed by atoms with Gasteiger partial charge in [0.1, 0.15) is 5.54 Å². The molecule has 2 rings (SSSR count). The van der Waals surface area contributed by atoms with Crippen LogP contribution in [-0.2, 0) is 16.0 Å². The van der Waals surface area contributed by atoms with E-state index in [1.165, 1.54) is 24.0 Å². The molecule has 0 aromatic heterocycles. The Hall–Kier alpha value is -1.98. The SMILES string of the molecule is CC1(C(=O)O)CCCN1C(=O)Cc1cccc(F)c1F. The third-order valence-electron chi connectivity index (χ3n) is 3.78. The Morgan fingerprint density at radius 2 is 2.10 bits per heavy atom. The van der Waals surface area contributed by atoms with Gasteiger partial charge in [0.2, 0.25) is 5.91 Å². The molecule has 4 nitrogen and oxygen atoms in total. The first-order chi connectivity index (χ1) is 9.36. The number of hydrogen-bond donors (Lipinski definition) is 1. The van der Waals surface area contributed by atoms with Gasteiger partial charge in [-0.05, 0) is 25.8 Å². The fraction of sp³-hybridized carbons (Fsp3) is 0.429. The molecule has 1 atom stereocenters. The van der Waals surface area contributed by atoms with E-state index >= 15 is 0 Å².